The number of nitrogens with zero attached hydrogens (tertiary/aromatic N) is 2. The minimum atomic E-state index is 0.384. The largest absolute Gasteiger partial charge is 0.381 e. The van der Waals surface area contributed by atoms with Crippen LogP contribution in [0, 0.1) is 5.92 Å². The first-order valence-corrected chi connectivity index (χ1v) is 9.88. The van der Waals surface area contributed by atoms with Crippen LogP contribution < -0.4 is 0 Å². The maximum absolute atomic E-state index is 12.5. The van der Waals surface area contributed by atoms with Gasteiger partial charge in [-0.25, -0.2) is 0 Å². The molecule has 1 aromatic heterocycles. The molecule has 5 heteroatoms. The van der Waals surface area contributed by atoms with E-state index in [1.165, 1.54) is 5.56 Å². The van der Waals surface area contributed by atoms with Gasteiger partial charge in [-0.1, -0.05) is 0 Å². The fourth-order valence-electron chi connectivity index (χ4n) is 4.50. The first-order valence-electron chi connectivity index (χ1n) is 8.93. The van der Waals surface area contributed by atoms with E-state index in [9.17, 15) is 4.79 Å². The lowest BCUT2D eigenvalue weighted by atomic mass is 9.92. The summed E-state index contributed by atoms with van der Waals surface area (Å²) in [5.74, 6) is 1.02. The number of hydrogen-bond acceptors (Lipinski definition) is 4. The molecular weight excluding hydrogens is 308 g/mol. The van der Waals surface area contributed by atoms with Crippen LogP contribution in [-0.4, -0.2) is 54.1 Å². The summed E-state index contributed by atoms with van der Waals surface area (Å²) < 4.78 is 5.47. The van der Waals surface area contributed by atoms with Gasteiger partial charge in [-0.2, -0.15) is 11.3 Å². The van der Waals surface area contributed by atoms with E-state index in [1.54, 1.807) is 11.3 Å². The summed E-state index contributed by atoms with van der Waals surface area (Å²) in [5.41, 5.74) is 1.42. The summed E-state index contributed by atoms with van der Waals surface area (Å²) >= 11 is 1.77. The second kappa shape index (κ2) is 6.91. The van der Waals surface area contributed by atoms with Gasteiger partial charge in [0.25, 0.3) is 0 Å². The lowest BCUT2D eigenvalue weighted by molar-refractivity contribution is -0.139. The first-order chi connectivity index (χ1) is 11.3. The summed E-state index contributed by atoms with van der Waals surface area (Å²) in [6, 6.07) is 3.23. The predicted octanol–water partition coefficient (Wildman–Crippen LogP) is 2.74. The Morgan fingerprint density at radius 1 is 1.17 bits per heavy atom. The van der Waals surface area contributed by atoms with E-state index in [0.29, 0.717) is 23.9 Å². The van der Waals surface area contributed by atoms with Gasteiger partial charge >= 0.3 is 0 Å². The number of thiophene rings is 1. The van der Waals surface area contributed by atoms with Crippen molar-refractivity contribution in [3.05, 3.63) is 22.4 Å². The van der Waals surface area contributed by atoms with Crippen LogP contribution in [0.1, 0.15) is 37.7 Å². The Kier molecular flexibility index (Phi) is 4.69. The summed E-state index contributed by atoms with van der Waals surface area (Å²) in [4.78, 5) is 17.4. The van der Waals surface area contributed by atoms with Gasteiger partial charge in [-0.3, -0.25) is 9.69 Å². The SMILES string of the molecule is O=C1CC[C@H]2[C@H](CCN2Cc2ccsc2)N1CC1CCOCC1. The highest BCUT2D eigenvalue weighted by Gasteiger charge is 2.43. The molecule has 2 atom stereocenters. The molecule has 4 heterocycles. The summed E-state index contributed by atoms with van der Waals surface area (Å²) in [6.45, 7) is 4.86. The molecule has 3 aliphatic heterocycles. The van der Waals surface area contributed by atoms with Crippen LogP contribution in [0.4, 0.5) is 0 Å². The number of likely N-dealkylation sites (tertiary alicyclic amines) is 2. The van der Waals surface area contributed by atoms with Crippen LogP contribution >= 0.6 is 11.3 Å². The summed E-state index contributed by atoms with van der Waals surface area (Å²) in [5, 5.41) is 4.41. The average Bonchev–Trinajstić information content (AvgIpc) is 3.22. The molecule has 4 nitrogen and oxygen atoms in total. The molecule has 0 spiro atoms. The van der Waals surface area contributed by atoms with Crippen LogP contribution in [0.15, 0.2) is 16.8 Å². The van der Waals surface area contributed by atoms with Crippen LogP contribution in [0.3, 0.4) is 0 Å². The number of carbonyl (C=O) groups is 1. The van der Waals surface area contributed by atoms with Gasteiger partial charge in [0.15, 0.2) is 0 Å². The molecule has 0 unspecified atom stereocenters. The molecule has 3 fully saturated rings. The monoisotopic (exact) mass is 334 g/mol. The van der Waals surface area contributed by atoms with Crippen molar-refractivity contribution in [3.63, 3.8) is 0 Å². The smallest absolute Gasteiger partial charge is 0.222 e. The zero-order valence-electron chi connectivity index (χ0n) is 13.7. The van der Waals surface area contributed by atoms with Crippen molar-refractivity contribution in [2.45, 2.75) is 50.7 Å². The molecule has 23 heavy (non-hydrogen) atoms. The van der Waals surface area contributed by atoms with Crippen molar-refractivity contribution < 1.29 is 9.53 Å². The summed E-state index contributed by atoms with van der Waals surface area (Å²) in [7, 11) is 0. The van der Waals surface area contributed by atoms with Gasteiger partial charge in [0.2, 0.25) is 5.91 Å². The van der Waals surface area contributed by atoms with Gasteiger partial charge in [-0.05, 0) is 54.0 Å². The van der Waals surface area contributed by atoms with Crippen molar-refractivity contribution in [1.82, 2.24) is 9.80 Å². The Morgan fingerprint density at radius 3 is 2.83 bits per heavy atom. The number of rotatable bonds is 4. The highest BCUT2D eigenvalue weighted by molar-refractivity contribution is 7.07. The molecule has 0 aromatic carbocycles. The molecule has 1 amide bonds. The highest BCUT2D eigenvalue weighted by Crippen LogP contribution is 2.34. The number of piperidine rings is 1. The average molecular weight is 334 g/mol. The minimum Gasteiger partial charge on any atom is -0.381 e. The Labute approximate surface area is 142 Å². The van der Waals surface area contributed by atoms with Crippen LogP contribution in [-0.2, 0) is 16.1 Å². The molecular formula is C18H26N2O2S. The standard InChI is InChI=1S/C18H26N2O2S/c21-18-2-1-16-17(20(18)12-14-4-8-22-9-5-14)3-7-19(16)11-15-6-10-23-13-15/h6,10,13-14,16-17H,1-5,7-9,11-12H2/t16-,17-/m0/s1. The van der Waals surface area contributed by atoms with Crippen molar-refractivity contribution in [1.29, 1.82) is 0 Å². The van der Waals surface area contributed by atoms with Gasteiger partial charge in [0.05, 0.1) is 0 Å². The summed E-state index contributed by atoms with van der Waals surface area (Å²) in [6.07, 6.45) is 5.13. The lowest BCUT2D eigenvalue weighted by Crippen LogP contribution is -2.53. The van der Waals surface area contributed by atoms with E-state index in [-0.39, 0.29) is 0 Å². The maximum atomic E-state index is 12.5. The van der Waals surface area contributed by atoms with Crippen LogP contribution in [0.2, 0.25) is 0 Å². The number of carbonyl (C=O) groups excluding carboxylic acids is 1. The van der Waals surface area contributed by atoms with E-state index in [4.69, 9.17) is 4.74 Å². The Morgan fingerprint density at radius 2 is 2.04 bits per heavy atom. The minimum absolute atomic E-state index is 0.384. The third-order valence-corrected chi connectivity index (χ3v) is 6.49. The highest BCUT2D eigenvalue weighted by atomic mass is 32.1. The molecule has 0 aliphatic carbocycles. The van der Waals surface area contributed by atoms with E-state index in [1.807, 2.05) is 0 Å². The molecule has 0 saturated carbocycles. The fourth-order valence-corrected chi connectivity index (χ4v) is 5.16. The zero-order valence-corrected chi connectivity index (χ0v) is 14.5. The molecule has 0 N–H and O–H groups in total. The Hall–Kier alpha value is -0.910. The molecule has 3 saturated heterocycles. The van der Waals surface area contributed by atoms with E-state index >= 15 is 0 Å². The van der Waals surface area contributed by atoms with Crippen molar-refractivity contribution in [2.24, 2.45) is 5.92 Å². The second-order valence-electron chi connectivity index (χ2n) is 7.17. The van der Waals surface area contributed by atoms with E-state index < -0.39 is 0 Å². The third-order valence-electron chi connectivity index (χ3n) is 5.76. The fraction of sp³-hybridized carbons (Fsp3) is 0.722. The quantitative estimate of drug-likeness (QED) is 0.849. The number of fused-ring (bicyclic) bond motifs is 1. The normalized spacial score (nSPS) is 29.9. The van der Waals surface area contributed by atoms with Crippen LogP contribution in [0.5, 0.6) is 0 Å². The third kappa shape index (κ3) is 3.32. The van der Waals surface area contributed by atoms with Gasteiger partial charge < -0.3 is 9.64 Å². The zero-order chi connectivity index (χ0) is 15.6. The van der Waals surface area contributed by atoms with Gasteiger partial charge in [0.1, 0.15) is 0 Å². The lowest BCUT2D eigenvalue weighted by Gasteiger charge is -2.42. The van der Waals surface area contributed by atoms with Gasteiger partial charge in [-0.15, -0.1) is 0 Å². The second-order valence-corrected chi connectivity index (χ2v) is 7.95. The predicted molar refractivity (Wildman–Crippen MR) is 91.4 cm³/mol. The van der Waals surface area contributed by atoms with Crippen molar-refractivity contribution in [3.8, 4) is 0 Å². The number of hydrogen-bond donors (Lipinski definition) is 0. The van der Waals surface area contributed by atoms with Crippen molar-refractivity contribution >= 4 is 17.2 Å². The number of amides is 1. The molecule has 3 aliphatic rings. The molecule has 1 aromatic rings. The molecule has 0 radical (unpaired) electrons. The maximum Gasteiger partial charge on any atom is 0.222 e. The van der Waals surface area contributed by atoms with Crippen molar-refractivity contribution in [2.75, 3.05) is 26.3 Å². The van der Waals surface area contributed by atoms with E-state index in [0.717, 1.165) is 65.0 Å². The molecule has 0 bridgehead atoms. The molecule has 4 rings (SSSR count). The topological polar surface area (TPSA) is 32.8 Å². The van der Waals surface area contributed by atoms with Crippen LogP contribution in [0.25, 0.3) is 0 Å². The van der Waals surface area contributed by atoms with E-state index in [2.05, 4.69) is 26.6 Å². The Bertz CT molecular complexity index is 527. The first kappa shape index (κ1) is 15.6. The Balaban J connectivity index is 1.42. The molecule has 126 valence electrons. The number of ether oxygens (including phenoxy) is 1. The van der Waals surface area contributed by atoms with Gasteiger partial charge in [0, 0.05) is 51.4 Å².